The van der Waals surface area contributed by atoms with Gasteiger partial charge in [-0.15, -0.1) is 12.4 Å². The molecule has 2 fully saturated rings. The van der Waals surface area contributed by atoms with Crippen molar-refractivity contribution in [1.82, 2.24) is 10.6 Å². The van der Waals surface area contributed by atoms with E-state index in [1.165, 1.54) is 12.8 Å². The van der Waals surface area contributed by atoms with E-state index >= 15 is 0 Å². The van der Waals surface area contributed by atoms with Crippen molar-refractivity contribution in [3.8, 4) is 5.75 Å². The van der Waals surface area contributed by atoms with Gasteiger partial charge in [0.05, 0.1) is 18.6 Å². The number of nitrogens with one attached hydrogen (secondary N) is 2. The van der Waals surface area contributed by atoms with Gasteiger partial charge >= 0.3 is 0 Å². The Morgan fingerprint density at radius 1 is 1.39 bits per heavy atom. The Kier molecular flexibility index (Phi) is 5.93. The molecule has 3 atom stereocenters. The Bertz CT molecular complexity index is 552. The Morgan fingerprint density at radius 3 is 2.96 bits per heavy atom. The van der Waals surface area contributed by atoms with E-state index < -0.39 is 0 Å². The molecule has 1 aromatic rings. The largest absolute Gasteiger partial charge is 0.496 e. The van der Waals surface area contributed by atoms with Crippen molar-refractivity contribution in [2.24, 2.45) is 11.3 Å². The number of ether oxygens (including phenoxy) is 1. The lowest BCUT2D eigenvalue weighted by atomic mass is 9.67. The number of methoxy groups -OCH3 is 1. The zero-order valence-electron chi connectivity index (χ0n) is 13.9. The smallest absolute Gasteiger partial charge is 0.228 e. The third-order valence-corrected chi connectivity index (χ3v) is 5.44. The maximum Gasteiger partial charge on any atom is 0.228 e. The number of hydrogen-bond acceptors (Lipinski definition) is 3. The van der Waals surface area contributed by atoms with Crippen LogP contribution in [0.15, 0.2) is 24.3 Å². The highest BCUT2D eigenvalue weighted by Gasteiger charge is 2.50. The molecule has 23 heavy (non-hydrogen) atoms. The van der Waals surface area contributed by atoms with Crippen LogP contribution < -0.4 is 15.4 Å². The quantitative estimate of drug-likeness (QED) is 0.887. The Hall–Kier alpha value is -1.26. The van der Waals surface area contributed by atoms with Gasteiger partial charge in [-0.3, -0.25) is 4.79 Å². The molecule has 0 radical (unpaired) electrons. The number of carbonyl (C=O) groups is 1. The maximum atomic E-state index is 13.0. The van der Waals surface area contributed by atoms with Crippen molar-refractivity contribution in [2.45, 2.75) is 38.6 Å². The van der Waals surface area contributed by atoms with Gasteiger partial charge in [0, 0.05) is 12.1 Å². The lowest BCUT2D eigenvalue weighted by Gasteiger charge is -2.38. The topological polar surface area (TPSA) is 50.4 Å². The van der Waals surface area contributed by atoms with Gasteiger partial charge in [-0.2, -0.15) is 0 Å². The van der Waals surface area contributed by atoms with Crippen molar-refractivity contribution >= 4 is 18.3 Å². The first-order valence-corrected chi connectivity index (χ1v) is 8.32. The van der Waals surface area contributed by atoms with E-state index in [2.05, 4.69) is 10.6 Å². The van der Waals surface area contributed by atoms with Crippen molar-refractivity contribution in [3.05, 3.63) is 29.8 Å². The van der Waals surface area contributed by atoms with Gasteiger partial charge in [0.15, 0.2) is 0 Å². The summed E-state index contributed by atoms with van der Waals surface area (Å²) in [5.41, 5.74) is 0.835. The van der Waals surface area contributed by atoms with Crippen LogP contribution >= 0.6 is 12.4 Å². The van der Waals surface area contributed by atoms with Gasteiger partial charge in [-0.05, 0) is 38.3 Å². The summed E-state index contributed by atoms with van der Waals surface area (Å²) in [4.78, 5) is 13.0. The fourth-order valence-electron chi connectivity index (χ4n) is 4.13. The second-order valence-corrected chi connectivity index (χ2v) is 6.67. The molecule has 0 aromatic heterocycles. The molecular formula is C18H27ClN2O2. The predicted octanol–water partition coefficient (Wildman–Crippen LogP) is 3.07. The normalized spacial score (nSPS) is 27.5. The van der Waals surface area contributed by atoms with E-state index in [0.29, 0.717) is 5.92 Å². The van der Waals surface area contributed by atoms with E-state index in [9.17, 15) is 4.79 Å². The first kappa shape index (κ1) is 18.1. The summed E-state index contributed by atoms with van der Waals surface area (Å²) in [6.45, 7) is 3.84. The van der Waals surface area contributed by atoms with Crippen molar-refractivity contribution in [1.29, 1.82) is 0 Å². The fraction of sp³-hybridized carbons (Fsp3) is 0.611. The highest BCUT2D eigenvalue weighted by atomic mass is 35.5. The van der Waals surface area contributed by atoms with Crippen LogP contribution in [0.5, 0.6) is 5.75 Å². The average Bonchev–Trinajstić information content (AvgIpc) is 3.00. The molecule has 2 N–H and O–H groups in total. The maximum absolute atomic E-state index is 13.0. The molecular weight excluding hydrogens is 312 g/mol. The minimum Gasteiger partial charge on any atom is -0.496 e. The Morgan fingerprint density at radius 2 is 2.17 bits per heavy atom. The molecule has 1 amide bonds. The molecule has 1 unspecified atom stereocenters. The van der Waals surface area contributed by atoms with Gasteiger partial charge < -0.3 is 15.4 Å². The number of carbonyl (C=O) groups excluding carboxylic acids is 1. The van der Waals surface area contributed by atoms with Gasteiger partial charge in [0.25, 0.3) is 0 Å². The van der Waals surface area contributed by atoms with E-state index in [1.54, 1.807) is 7.11 Å². The van der Waals surface area contributed by atoms with Crippen LogP contribution in [0.2, 0.25) is 0 Å². The zero-order chi connectivity index (χ0) is 15.6. The van der Waals surface area contributed by atoms with Crippen LogP contribution in [-0.2, 0) is 4.79 Å². The third-order valence-electron chi connectivity index (χ3n) is 5.44. The molecule has 1 heterocycles. The summed E-state index contributed by atoms with van der Waals surface area (Å²) in [7, 11) is 1.67. The van der Waals surface area contributed by atoms with Gasteiger partial charge in [-0.25, -0.2) is 0 Å². The molecule has 128 valence electrons. The van der Waals surface area contributed by atoms with Crippen molar-refractivity contribution in [3.63, 3.8) is 0 Å². The third kappa shape index (κ3) is 3.33. The summed E-state index contributed by atoms with van der Waals surface area (Å²) >= 11 is 0. The number of para-hydroxylation sites is 1. The van der Waals surface area contributed by atoms with Crippen molar-refractivity contribution < 1.29 is 9.53 Å². The lowest BCUT2D eigenvalue weighted by molar-refractivity contribution is -0.134. The second-order valence-electron chi connectivity index (χ2n) is 6.67. The lowest BCUT2D eigenvalue weighted by Crippen LogP contribution is -2.48. The van der Waals surface area contributed by atoms with E-state index in [4.69, 9.17) is 4.74 Å². The SMILES string of the molecule is COc1ccccc1C(C)NC(=O)[C@@]12CCCC[C@H]1CNC2.Cl. The van der Waals surface area contributed by atoms with Crippen molar-refractivity contribution in [2.75, 3.05) is 20.2 Å². The minimum atomic E-state index is -0.200. The Balaban J connectivity index is 0.00000192. The van der Waals surface area contributed by atoms with Crippen LogP contribution in [-0.4, -0.2) is 26.1 Å². The first-order valence-electron chi connectivity index (χ1n) is 8.32. The molecule has 5 heteroatoms. The van der Waals surface area contributed by atoms with Crippen LogP contribution in [0.4, 0.5) is 0 Å². The summed E-state index contributed by atoms with van der Waals surface area (Å²) < 4.78 is 5.41. The molecule has 1 saturated carbocycles. The molecule has 1 saturated heterocycles. The van der Waals surface area contributed by atoms with Gasteiger partial charge in [0.1, 0.15) is 5.75 Å². The van der Waals surface area contributed by atoms with E-state index in [0.717, 1.165) is 37.2 Å². The molecule has 0 spiro atoms. The summed E-state index contributed by atoms with van der Waals surface area (Å²) in [6.07, 6.45) is 4.59. The number of rotatable bonds is 4. The minimum absolute atomic E-state index is 0. The number of benzene rings is 1. The van der Waals surface area contributed by atoms with Crippen LogP contribution in [0.3, 0.4) is 0 Å². The molecule has 4 nitrogen and oxygen atoms in total. The first-order chi connectivity index (χ1) is 10.7. The number of hydrogen-bond donors (Lipinski definition) is 2. The highest BCUT2D eigenvalue weighted by molar-refractivity contribution is 5.85. The summed E-state index contributed by atoms with van der Waals surface area (Å²) in [5, 5.41) is 6.68. The number of fused-ring (bicyclic) bond motifs is 1. The molecule has 1 aromatic carbocycles. The summed E-state index contributed by atoms with van der Waals surface area (Å²) in [5.74, 6) is 1.53. The average molecular weight is 339 g/mol. The molecule has 3 rings (SSSR count). The summed E-state index contributed by atoms with van der Waals surface area (Å²) in [6, 6.07) is 7.86. The van der Waals surface area contributed by atoms with E-state index in [-0.39, 0.29) is 29.8 Å². The molecule has 2 aliphatic rings. The van der Waals surface area contributed by atoms with E-state index in [1.807, 2.05) is 31.2 Å². The fourth-order valence-corrected chi connectivity index (χ4v) is 4.13. The molecule has 1 aliphatic carbocycles. The number of amides is 1. The van der Waals surface area contributed by atoms with Crippen LogP contribution in [0.1, 0.15) is 44.2 Å². The monoisotopic (exact) mass is 338 g/mol. The predicted molar refractivity (Wildman–Crippen MR) is 94.1 cm³/mol. The second kappa shape index (κ2) is 7.54. The van der Waals surface area contributed by atoms with Gasteiger partial charge in [-0.1, -0.05) is 31.0 Å². The number of halogens is 1. The van der Waals surface area contributed by atoms with Gasteiger partial charge in [0.2, 0.25) is 5.91 Å². The Labute approximate surface area is 144 Å². The van der Waals surface area contributed by atoms with Crippen LogP contribution in [0, 0.1) is 11.3 Å². The standard InChI is InChI=1S/C18H26N2O2.ClH/c1-13(15-8-3-4-9-16(15)22-2)20-17(21)18-10-6-5-7-14(18)11-19-12-18;/h3-4,8-9,13-14,19H,5-7,10-12H2,1-2H3,(H,20,21);1H/t13?,14-,18+;/m0./s1. The zero-order valence-corrected chi connectivity index (χ0v) is 14.7. The highest BCUT2D eigenvalue weighted by Crippen LogP contribution is 2.44. The molecule has 0 bridgehead atoms. The van der Waals surface area contributed by atoms with Crippen LogP contribution in [0.25, 0.3) is 0 Å². The molecule has 1 aliphatic heterocycles.